The first-order chi connectivity index (χ1) is 14.4. The Morgan fingerprint density at radius 1 is 1.17 bits per heavy atom. The summed E-state index contributed by atoms with van der Waals surface area (Å²) in [5.41, 5.74) is 1.82. The molecule has 1 unspecified atom stereocenters. The van der Waals surface area contributed by atoms with Crippen molar-refractivity contribution in [1.82, 2.24) is 4.98 Å². The number of nitrogens with zero attached hydrogens (tertiary/aromatic N) is 1. The number of hydrogen-bond acceptors (Lipinski definition) is 6. The number of hydrogen-bond donors (Lipinski definition) is 1. The van der Waals surface area contributed by atoms with Crippen LogP contribution in [0.4, 0.5) is 5.69 Å². The zero-order valence-electron chi connectivity index (χ0n) is 16.1. The van der Waals surface area contributed by atoms with Gasteiger partial charge in [-0.15, -0.1) is 11.3 Å². The first-order valence-electron chi connectivity index (χ1n) is 8.90. The molecule has 0 spiro atoms. The number of thiazole rings is 1. The molecule has 1 amide bonds. The van der Waals surface area contributed by atoms with Gasteiger partial charge in [-0.25, -0.2) is 4.98 Å². The highest BCUT2D eigenvalue weighted by molar-refractivity contribution is 7.13. The second-order valence-electron chi connectivity index (χ2n) is 6.30. The number of ether oxygens (including phenoxy) is 2. The van der Waals surface area contributed by atoms with Crippen LogP contribution in [0.5, 0.6) is 5.75 Å². The number of benzene rings is 2. The summed E-state index contributed by atoms with van der Waals surface area (Å²) in [6.07, 6.45) is -1.05. The minimum Gasteiger partial charge on any atom is -0.495 e. The largest absolute Gasteiger partial charge is 0.495 e. The van der Waals surface area contributed by atoms with Crippen LogP contribution in [0.15, 0.2) is 47.8 Å². The molecule has 3 rings (SSSR count). The van der Waals surface area contributed by atoms with Crippen LogP contribution in [0, 0.1) is 0 Å². The minimum absolute atomic E-state index is 0.0465. The van der Waals surface area contributed by atoms with Crippen LogP contribution in [0.3, 0.4) is 0 Å². The summed E-state index contributed by atoms with van der Waals surface area (Å²) < 4.78 is 10.4. The number of carbonyl (C=O) groups is 2. The molecule has 0 bridgehead atoms. The Morgan fingerprint density at radius 2 is 1.93 bits per heavy atom. The summed E-state index contributed by atoms with van der Waals surface area (Å²) in [4.78, 5) is 29.1. The van der Waals surface area contributed by atoms with Crippen molar-refractivity contribution < 1.29 is 19.1 Å². The number of aromatic nitrogens is 1. The van der Waals surface area contributed by atoms with E-state index in [9.17, 15) is 9.59 Å². The molecule has 30 heavy (non-hydrogen) atoms. The maximum Gasteiger partial charge on any atom is 0.312 e. The molecular weight excluding hydrogens is 447 g/mol. The second-order valence-corrected chi connectivity index (χ2v) is 8.03. The Hall–Kier alpha value is -2.61. The highest BCUT2D eigenvalue weighted by Gasteiger charge is 2.20. The Kier molecular flexibility index (Phi) is 7.31. The smallest absolute Gasteiger partial charge is 0.312 e. The lowest BCUT2D eigenvalue weighted by Crippen LogP contribution is -2.30. The first-order valence-corrected chi connectivity index (χ1v) is 10.5. The monoisotopic (exact) mass is 464 g/mol. The Morgan fingerprint density at radius 3 is 2.67 bits per heavy atom. The molecule has 3 aromatic rings. The molecule has 1 N–H and O–H groups in total. The third kappa shape index (κ3) is 5.72. The summed E-state index contributed by atoms with van der Waals surface area (Å²) in [5.74, 6) is -0.609. The normalized spacial score (nSPS) is 11.6. The summed E-state index contributed by atoms with van der Waals surface area (Å²) in [6, 6.07) is 12.1. The van der Waals surface area contributed by atoms with E-state index >= 15 is 0 Å². The van der Waals surface area contributed by atoms with E-state index in [1.807, 2.05) is 12.1 Å². The number of halogens is 2. The van der Waals surface area contributed by atoms with Crippen LogP contribution in [0.1, 0.15) is 12.6 Å². The van der Waals surface area contributed by atoms with E-state index in [0.29, 0.717) is 27.2 Å². The fraction of sp³-hybridized carbons (Fsp3) is 0.190. The van der Waals surface area contributed by atoms with Crippen LogP contribution in [-0.2, 0) is 20.7 Å². The molecule has 0 radical (unpaired) electrons. The molecule has 0 fully saturated rings. The molecule has 0 aliphatic heterocycles. The van der Waals surface area contributed by atoms with E-state index in [2.05, 4.69) is 10.3 Å². The van der Waals surface area contributed by atoms with E-state index in [-0.39, 0.29) is 6.42 Å². The van der Waals surface area contributed by atoms with Gasteiger partial charge in [0.25, 0.3) is 5.91 Å². The molecule has 1 aromatic heterocycles. The number of anilines is 1. The fourth-order valence-electron chi connectivity index (χ4n) is 2.59. The van der Waals surface area contributed by atoms with Gasteiger partial charge in [0, 0.05) is 21.0 Å². The molecule has 0 aliphatic carbocycles. The lowest BCUT2D eigenvalue weighted by Gasteiger charge is -2.15. The van der Waals surface area contributed by atoms with E-state index in [0.717, 1.165) is 10.6 Å². The molecule has 9 heteroatoms. The van der Waals surface area contributed by atoms with E-state index in [4.69, 9.17) is 32.7 Å². The molecule has 0 saturated carbocycles. The van der Waals surface area contributed by atoms with Crippen LogP contribution >= 0.6 is 34.5 Å². The predicted octanol–water partition coefficient (Wildman–Crippen LogP) is 5.24. The van der Waals surface area contributed by atoms with Gasteiger partial charge in [-0.2, -0.15) is 0 Å². The third-order valence-electron chi connectivity index (χ3n) is 4.05. The van der Waals surface area contributed by atoms with Crippen molar-refractivity contribution >= 4 is 52.1 Å². The zero-order valence-corrected chi connectivity index (χ0v) is 18.5. The minimum atomic E-state index is -1.01. The zero-order chi connectivity index (χ0) is 21.7. The standard InChI is InChI=1S/C21H18Cl2N2O4S/c1-12(20(27)25-17-9-15(23)6-7-18(17)28-2)29-19(26)10-16-11-30-21(24-16)13-4-3-5-14(22)8-13/h3-9,11-12H,10H2,1-2H3,(H,25,27). The highest BCUT2D eigenvalue weighted by Crippen LogP contribution is 2.28. The Bertz CT molecular complexity index is 1070. The van der Waals surface area contributed by atoms with Crippen molar-refractivity contribution in [2.75, 3.05) is 12.4 Å². The topological polar surface area (TPSA) is 77.5 Å². The number of rotatable bonds is 7. The SMILES string of the molecule is COc1ccc(Cl)cc1NC(=O)C(C)OC(=O)Cc1csc(-c2cccc(Cl)c2)n1. The van der Waals surface area contributed by atoms with Crippen molar-refractivity contribution in [1.29, 1.82) is 0 Å². The average molecular weight is 465 g/mol. The summed E-state index contributed by atoms with van der Waals surface area (Å²) >= 11 is 13.4. The number of carbonyl (C=O) groups excluding carboxylic acids is 2. The maximum atomic E-state index is 12.4. The van der Waals surface area contributed by atoms with Crippen LogP contribution in [-0.4, -0.2) is 30.1 Å². The lowest BCUT2D eigenvalue weighted by molar-refractivity contribution is -0.152. The van der Waals surface area contributed by atoms with E-state index in [1.54, 1.807) is 35.7 Å². The molecule has 6 nitrogen and oxygen atoms in total. The van der Waals surface area contributed by atoms with Crippen LogP contribution in [0.25, 0.3) is 10.6 Å². The average Bonchev–Trinajstić information content (AvgIpc) is 3.16. The fourth-order valence-corrected chi connectivity index (χ4v) is 3.77. The molecule has 0 saturated heterocycles. The van der Waals surface area contributed by atoms with Gasteiger partial charge >= 0.3 is 5.97 Å². The first kappa shape index (κ1) is 22.1. The lowest BCUT2D eigenvalue weighted by atomic mass is 10.2. The van der Waals surface area contributed by atoms with Gasteiger partial charge in [-0.05, 0) is 37.3 Å². The van der Waals surface area contributed by atoms with Crippen molar-refractivity contribution in [3.05, 3.63) is 63.6 Å². The van der Waals surface area contributed by atoms with Gasteiger partial charge in [0.15, 0.2) is 6.10 Å². The molecule has 0 aliphatic rings. The van der Waals surface area contributed by atoms with Gasteiger partial charge in [-0.3, -0.25) is 9.59 Å². The second kappa shape index (κ2) is 9.93. The van der Waals surface area contributed by atoms with Crippen LogP contribution < -0.4 is 10.1 Å². The quantitative estimate of drug-likeness (QED) is 0.483. The van der Waals surface area contributed by atoms with Crippen molar-refractivity contribution in [2.45, 2.75) is 19.4 Å². The van der Waals surface area contributed by atoms with Gasteiger partial charge in [0.05, 0.1) is 24.9 Å². The number of esters is 1. The Labute approximate surface area is 187 Å². The number of methoxy groups -OCH3 is 1. The molecule has 2 aromatic carbocycles. The summed E-state index contributed by atoms with van der Waals surface area (Å²) in [5, 5.41) is 6.23. The van der Waals surface area contributed by atoms with Crippen molar-refractivity contribution in [2.24, 2.45) is 0 Å². The maximum absolute atomic E-state index is 12.4. The summed E-state index contributed by atoms with van der Waals surface area (Å²) in [7, 11) is 1.48. The summed E-state index contributed by atoms with van der Waals surface area (Å²) in [6.45, 7) is 1.49. The van der Waals surface area contributed by atoms with Crippen molar-refractivity contribution in [3.63, 3.8) is 0 Å². The van der Waals surface area contributed by atoms with Gasteiger partial charge in [-0.1, -0.05) is 35.3 Å². The van der Waals surface area contributed by atoms with Crippen LogP contribution in [0.2, 0.25) is 10.0 Å². The van der Waals surface area contributed by atoms with Gasteiger partial charge < -0.3 is 14.8 Å². The van der Waals surface area contributed by atoms with Crippen molar-refractivity contribution in [3.8, 4) is 16.3 Å². The molecular formula is C21H18Cl2N2O4S. The third-order valence-corrected chi connectivity index (χ3v) is 5.46. The molecule has 1 atom stereocenters. The van der Waals surface area contributed by atoms with E-state index in [1.165, 1.54) is 25.4 Å². The van der Waals surface area contributed by atoms with Gasteiger partial charge in [0.2, 0.25) is 0 Å². The number of nitrogens with one attached hydrogen (secondary N) is 1. The van der Waals surface area contributed by atoms with Gasteiger partial charge in [0.1, 0.15) is 10.8 Å². The predicted molar refractivity (Wildman–Crippen MR) is 118 cm³/mol. The molecule has 1 heterocycles. The molecule has 156 valence electrons. The highest BCUT2D eigenvalue weighted by atomic mass is 35.5. The van der Waals surface area contributed by atoms with E-state index < -0.39 is 18.0 Å². The Balaban J connectivity index is 1.58. The number of amides is 1.